The number of rotatable bonds is 5. The molecule has 1 amide bonds. The summed E-state index contributed by atoms with van der Waals surface area (Å²) in [6.45, 7) is 6.83. The normalized spacial score (nSPS) is 21.4. The Kier molecular flexibility index (Phi) is 5.81. The second-order valence-electron chi connectivity index (χ2n) is 4.97. The predicted octanol–water partition coefficient (Wildman–Crippen LogP) is 2.07. The topological polar surface area (TPSA) is 41.1 Å². The zero-order chi connectivity index (χ0) is 12.0. The lowest BCUT2D eigenvalue weighted by Crippen LogP contribution is -2.48. The second kappa shape index (κ2) is 6.89. The van der Waals surface area contributed by atoms with Crippen molar-refractivity contribution in [2.45, 2.75) is 65.0 Å². The number of carbonyl (C=O) groups is 1. The van der Waals surface area contributed by atoms with E-state index in [9.17, 15) is 4.79 Å². The van der Waals surface area contributed by atoms with Crippen molar-refractivity contribution >= 4 is 5.91 Å². The maximum atomic E-state index is 11.6. The van der Waals surface area contributed by atoms with Gasteiger partial charge in [0.05, 0.1) is 6.04 Å². The van der Waals surface area contributed by atoms with Gasteiger partial charge in [0.25, 0.3) is 0 Å². The molecule has 0 heterocycles. The third kappa shape index (κ3) is 4.12. The number of hydrogen-bond donors (Lipinski definition) is 2. The highest BCUT2D eigenvalue weighted by molar-refractivity contribution is 5.81. The van der Waals surface area contributed by atoms with Crippen molar-refractivity contribution < 1.29 is 4.79 Å². The minimum Gasteiger partial charge on any atom is -0.355 e. The van der Waals surface area contributed by atoms with Gasteiger partial charge in [-0.25, -0.2) is 0 Å². The van der Waals surface area contributed by atoms with Crippen LogP contribution >= 0.6 is 0 Å². The number of hydrogen-bond acceptors (Lipinski definition) is 2. The molecule has 94 valence electrons. The van der Waals surface area contributed by atoms with Gasteiger partial charge in [0.2, 0.25) is 5.91 Å². The molecule has 1 rings (SSSR count). The standard InChI is InChI=1S/C13H26N2O/c1-4-14-13(16)11(3)15-10(2)12-8-6-5-7-9-12/h10-12,15H,4-9H2,1-3H3,(H,14,16). The van der Waals surface area contributed by atoms with E-state index in [1.165, 1.54) is 32.1 Å². The fraction of sp³-hybridized carbons (Fsp3) is 0.923. The van der Waals surface area contributed by atoms with E-state index in [-0.39, 0.29) is 11.9 Å². The highest BCUT2D eigenvalue weighted by atomic mass is 16.2. The van der Waals surface area contributed by atoms with Gasteiger partial charge in [-0.2, -0.15) is 0 Å². The summed E-state index contributed by atoms with van der Waals surface area (Å²) in [7, 11) is 0. The lowest BCUT2D eigenvalue weighted by atomic mass is 9.84. The Morgan fingerprint density at radius 1 is 1.25 bits per heavy atom. The molecule has 0 saturated heterocycles. The number of nitrogens with one attached hydrogen (secondary N) is 2. The van der Waals surface area contributed by atoms with Crippen LogP contribution < -0.4 is 10.6 Å². The summed E-state index contributed by atoms with van der Waals surface area (Å²) in [5, 5.41) is 6.27. The van der Waals surface area contributed by atoms with Crippen LogP contribution in [0.5, 0.6) is 0 Å². The minimum atomic E-state index is -0.0723. The van der Waals surface area contributed by atoms with Crippen molar-refractivity contribution in [1.29, 1.82) is 0 Å². The molecule has 2 unspecified atom stereocenters. The fourth-order valence-corrected chi connectivity index (χ4v) is 2.57. The van der Waals surface area contributed by atoms with Crippen LogP contribution in [0, 0.1) is 5.92 Å². The molecule has 1 saturated carbocycles. The molecule has 16 heavy (non-hydrogen) atoms. The molecule has 0 aromatic rings. The molecule has 1 aliphatic rings. The highest BCUT2D eigenvalue weighted by Gasteiger charge is 2.22. The second-order valence-corrected chi connectivity index (χ2v) is 4.97. The summed E-state index contributed by atoms with van der Waals surface area (Å²) in [6, 6.07) is 0.384. The molecule has 0 aromatic carbocycles. The molecule has 3 heteroatoms. The first kappa shape index (κ1) is 13.5. The molecule has 1 fully saturated rings. The van der Waals surface area contributed by atoms with Crippen molar-refractivity contribution in [3.63, 3.8) is 0 Å². The van der Waals surface area contributed by atoms with Gasteiger partial charge in [-0.1, -0.05) is 19.3 Å². The first-order valence-corrected chi connectivity index (χ1v) is 6.69. The summed E-state index contributed by atoms with van der Waals surface area (Å²) in [6.07, 6.45) is 6.72. The van der Waals surface area contributed by atoms with Gasteiger partial charge < -0.3 is 10.6 Å². The molecular formula is C13H26N2O. The molecule has 0 spiro atoms. The van der Waals surface area contributed by atoms with E-state index in [1.807, 2.05) is 13.8 Å². The summed E-state index contributed by atoms with van der Waals surface area (Å²) in [5.41, 5.74) is 0. The van der Waals surface area contributed by atoms with Crippen LogP contribution in [0.2, 0.25) is 0 Å². The van der Waals surface area contributed by atoms with Crippen molar-refractivity contribution in [2.75, 3.05) is 6.54 Å². The summed E-state index contributed by atoms with van der Waals surface area (Å²) in [5.74, 6) is 0.871. The number of likely N-dealkylation sites (N-methyl/N-ethyl adjacent to an activating group) is 1. The average Bonchev–Trinajstić information content (AvgIpc) is 2.30. The Morgan fingerprint density at radius 3 is 2.44 bits per heavy atom. The number of carbonyl (C=O) groups excluding carboxylic acids is 1. The largest absolute Gasteiger partial charge is 0.355 e. The van der Waals surface area contributed by atoms with E-state index in [4.69, 9.17) is 0 Å². The maximum absolute atomic E-state index is 11.6. The minimum absolute atomic E-state index is 0.0723. The van der Waals surface area contributed by atoms with Crippen LogP contribution in [0.25, 0.3) is 0 Å². The zero-order valence-corrected chi connectivity index (χ0v) is 10.9. The van der Waals surface area contributed by atoms with Crippen LogP contribution in [0.4, 0.5) is 0 Å². The highest BCUT2D eigenvalue weighted by Crippen LogP contribution is 2.26. The molecule has 0 radical (unpaired) electrons. The van der Waals surface area contributed by atoms with E-state index in [0.29, 0.717) is 12.6 Å². The van der Waals surface area contributed by atoms with Crippen molar-refractivity contribution in [3.05, 3.63) is 0 Å². The Balaban J connectivity index is 2.31. The molecule has 1 aliphatic carbocycles. The lowest BCUT2D eigenvalue weighted by Gasteiger charge is -2.30. The van der Waals surface area contributed by atoms with Crippen LogP contribution in [0.3, 0.4) is 0 Å². The van der Waals surface area contributed by atoms with Crippen LogP contribution in [0.15, 0.2) is 0 Å². The Bertz CT molecular complexity index is 212. The van der Waals surface area contributed by atoms with E-state index in [0.717, 1.165) is 5.92 Å². The van der Waals surface area contributed by atoms with Gasteiger partial charge in [0.15, 0.2) is 0 Å². The molecular weight excluding hydrogens is 200 g/mol. The zero-order valence-electron chi connectivity index (χ0n) is 10.9. The molecule has 2 atom stereocenters. The van der Waals surface area contributed by atoms with Crippen molar-refractivity contribution in [3.8, 4) is 0 Å². The molecule has 2 N–H and O–H groups in total. The fourth-order valence-electron chi connectivity index (χ4n) is 2.57. The Labute approximate surface area is 99.4 Å². The van der Waals surface area contributed by atoms with Crippen molar-refractivity contribution in [1.82, 2.24) is 10.6 Å². The van der Waals surface area contributed by atoms with Gasteiger partial charge in [0, 0.05) is 12.6 Å². The van der Waals surface area contributed by atoms with Gasteiger partial charge in [-0.3, -0.25) is 4.79 Å². The molecule has 3 nitrogen and oxygen atoms in total. The van der Waals surface area contributed by atoms with Crippen molar-refractivity contribution in [2.24, 2.45) is 5.92 Å². The molecule has 0 aromatic heterocycles. The first-order chi connectivity index (χ1) is 7.65. The smallest absolute Gasteiger partial charge is 0.236 e. The van der Waals surface area contributed by atoms with Gasteiger partial charge >= 0.3 is 0 Å². The van der Waals surface area contributed by atoms with Gasteiger partial charge in [0.1, 0.15) is 0 Å². The Morgan fingerprint density at radius 2 is 1.88 bits per heavy atom. The van der Waals surface area contributed by atoms with Gasteiger partial charge in [-0.05, 0) is 39.5 Å². The molecule has 0 aliphatic heterocycles. The van der Waals surface area contributed by atoms with E-state index in [2.05, 4.69) is 17.6 Å². The molecule has 0 bridgehead atoms. The van der Waals surface area contributed by atoms with Crippen LogP contribution in [-0.2, 0) is 4.79 Å². The van der Waals surface area contributed by atoms with E-state index in [1.54, 1.807) is 0 Å². The third-order valence-electron chi connectivity index (χ3n) is 3.61. The van der Waals surface area contributed by atoms with Gasteiger partial charge in [-0.15, -0.1) is 0 Å². The maximum Gasteiger partial charge on any atom is 0.236 e. The predicted molar refractivity (Wildman–Crippen MR) is 67.3 cm³/mol. The lowest BCUT2D eigenvalue weighted by molar-refractivity contribution is -0.122. The third-order valence-corrected chi connectivity index (χ3v) is 3.61. The summed E-state index contributed by atoms with van der Waals surface area (Å²) < 4.78 is 0. The average molecular weight is 226 g/mol. The van der Waals surface area contributed by atoms with Crippen LogP contribution in [0.1, 0.15) is 52.9 Å². The summed E-state index contributed by atoms with van der Waals surface area (Å²) >= 11 is 0. The Hall–Kier alpha value is -0.570. The van der Waals surface area contributed by atoms with E-state index < -0.39 is 0 Å². The number of amides is 1. The monoisotopic (exact) mass is 226 g/mol. The van der Waals surface area contributed by atoms with Crippen LogP contribution in [-0.4, -0.2) is 24.5 Å². The SMILES string of the molecule is CCNC(=O)C(C)NC(C)C1CCCCC1. The van der Waals surface area contributed by atoms with E-state index >= 15 is 0 Å². The first-order valence-electron chi connectivity index (χ1n) is 6.69. The summed E-state index contributed by atoms with van der Waals surface area (Å²) in [4.78, 5) is 11.6. The quantitative estimate of drug-likeness (QED) is 0.753.